The summed E-state index contributed by atoms with van der Waals surface area (Å²) in [6.45, 7) is 0.632. The average Bonchev–Trinajstić information content (AvgIpc) is 2.39. The van der Waals surface area contributed by atoms with Crippen LogP contribution in [0, 0.1) is 0 Å². The van der Waals surface area contributed by atoms with Gasteiger partial charge in [0.25, 0.3) is 0 Å². The smallest absolute Gasteiger partial charge is 0.0366 e. The van der Waals surface area contributed by atoms with Gasteiger partial charge in [-0.15, -0.1) is 0 Å². The summed E-state index contributed by atoms with van der Waals surface area (Å²) in [5.41, 5.74) is 8.14. The standard InChI is InChI=1S/C14H22N2/c1-16(13-5-3-2-4-6-13)14-9-7-12(11-15)8-10-14/h7-10,13H,2-6,11,15H2,1H3. The van der Waals surface area contributed by atoms with E-state index in [1.54, 1.807) is 0 Å². The molecule has 0 radical (unpaired) electrons. The van der Waals surface area contributed by atoms with Crippen LogP contribution in [0.2, 0.25) is 0 Å². The van der Waals surface area contributed by atoms with E-state index in [4.69, 9.17) is 5.73 Å². The summed E-state index contributed by atoms with van der Waals surface area (Å²) in [5, 5.41) is 0. The van der Waals surface area contributed by atoms with Crippen molar-refractivity contribution in [3.63, 3.8) is 0 Å². The maximum Gasteiger partial charge on any atom is 0.0366 e. The largest absolute Gasteiger partial charge is 0.372 e. The van der Waals surface area contributed by atoms with Gasteiger partial charge in [0, 0.05) is 25.3 Å². The molecule has 1 aliphatic carbocycles. The third kappa shape index (κ3) is 2.56. The van der Waals surface area contributed by atoms with Crippen molar-refractivity contribution in [2.75, 3.05) is 11.9 Å². The van der Waals surface area contributed by atoms with E-state index in [9.17, 15) is 0 Å². The van der Waals surface area contributed by atoms with E-state index in [0.717, 1.165) is 6.04 Å². The maximum atomic E-state index is 5.61. The molecule has 2 heteroatoms. The first kappa shape index (κ1) is 11.5. The van der Waals surface area contributed by atoms with Crippen LogP contribution >= 0.6 is 0 Å². The van der Waals surface area contributed by atoms with Crippen molar-refractivity contribution in [1.82, 2.24) is 0 Å². The van der Waals surface area contributed by atoms with Gasteiger partial charge in [-0.1, -0.05) is 31.4 Å². The fraction of sp³-hybridized carbons (Fsp3) is 0.571. The molecular weight excluding hydrogens is 196 g/mol. The van der Waals surface area contributed by atoms with Crippen molar-refractivity contribution in [2.24, 2.45) is 5.73 Å². The van der Waals surface area contributed by atoms with Gasteiger partial charge in [-0.2, -0.15) is 0 Å². The van der Waals surface area contributed by atoms with Gasteiger partial charge in [0.1, 0.15) is 0 Å². The molecule has 16 heavy (non-hydrogen) atoms. The highest BCUT2D eigenvalue weighted by atomic mass is 15.1. The van der Waals surface area contributed by atoms with Gasteiger partial charge in [0.2, 0.25) is 0 Å². The van der Waals surface area contributed by atoms with E-state index in [-0.39, 0.29) is 0 Å². The quantitative estimate of drug-likeness (QED) is 0.845. The van der Waals surface area contributed by atoms with E-state index in [1.807, 2.05) is 0 Å². The number of nitrogens with zero attached hydrogens (tertiary/aromatic N) is 1. The molecular formula is C14H22N2. The minimum absolute atomic E-state index is 0.632. The molecule has 1 aromatic carbocycles. The minimum Gasteiger partial charge on any atom is -0.372 e. The van der Waals surface area contributed by atoms with Gasteiger partial charge in [-0.3, -0.25) is 0 Å². The lowest BCUT2D eigenvalue weighted by atomic mass is 9.94. The number of benzene rings is 1. The zero-order chi connectivity index (χ0) is 11.4. The van der Waals surface area contributed by atoms with Crippen LogP contribution in [0.5, 0.6) is 0 Å². The third-order valence-corrected chi connectivity index (χ3v) is 3.70. The predicted octanol–water partition coefficient (Wildman–Crippen LogP) is 2.91. The van der Waals surface area contributed by atoms with Gasteiger partial charge < -0.3 is 10.6 Å². The molecule has 0 unspecified atom stereocenters. The molecule has 2 rings (SSSR count). The summed E-state index contributed by atoms with van der Waals surface area (Å²) in [6, 6.07) is 9.38. The first-order valence-corrected chi connectivity index (χ1v) is 6.33. The lowest BCUT2D eigenvalue weighted by Crippen LogP contribution is -2.33. The normalized spacial score (nSPS) is 17.4. The SMILES string of the molecule is CN(c1ccc(CN)cc1)C1CCCCC1. The van der Waals surface area contributed by atoms with Crippen LogP contribution < -0.4 is 10.6 Å². The molecule has 1 fully saturated rings. The maximum absolute atomic E-state index is 5.61. The highest BCUT2D eigenvalue weighted by Crippen LogP contribution is 2.26. The van der Waals surface area contributed by atoms with Crippen molar-refractivity contribution >= 4 is 5.69 Å². The number of nitrogens with two attached hydrogens (primary N) is 1. The molecule has 0 spiro atoms. The van der Waals surface area contributed by atoms with Gasteiger partial charge in [-0.05, 0) is 30.5 Å². The Morgan fingerprint density at radius 2 is 1.75 bits per heavy atom. The first-order chi connectivity index (χ1) is 7.81. The topological polar surface area (TPSA) is 29.3 Å². The molecule has 0 aromatic heterocycles. The van der Waals surface area contributed by atoms with E-state index in [1.165, 1.54) is 43.4 Å². The molecule has 2 N–H and O–H groups in total. The van der Waals surface area contributed by atoms with Crippen LogP contribution in [0.15, 0.2) is 24.3 Å². The molecule has 0 saturated heterocycles. The Morgan fingerprint density at radius 1 is 1.12 bits per heavy atom. The number of hydrogen-bond donors (Lipinski definition) is 1. The molecule has 0 atom stereocenters. The average molecular weight is 218 g/mol. The molecule has 1 saturated carbocycles. The van der Waals surface area contributed by atoms with Crippen LogP contribution in [0.3, 0.4) is 0 Å². The van der Waals surface area contributed by atoms with Crippen LogP contribution in [0.25, 0.3) is 0 Å². The van der Waals surface area contributed by atoms with Gasteiger partial charge in [0.15, 0.2) is 0 Å². The van der Waals surface area contributed by atoms with Gasteiger partial charge >= 0.3 is 0 Å². The summed E-state index contributed by atoms with van der Waals surface area (Å²) in [5.74, 6) is 0. The van der Waals surface area contributed by atoms with Crippen molar-refractivity contribution in [1.29, 1.82) is 0 Å². The fourth-order valence-corrected chi connectivity index (χ4v) is 2.55. The third-order valence-electron chi connectivity index (χ3n) is 3.70. The zero-order valence-electron chi connectivity index (χ0n) is 10.2. The second-order valence-corrected chi connectivity index (χ2v) is 4.77. The van der Waals surface area contributed by atoms with E-state index < -0.39 is 0 Å². The van der Waals surface area contributed by atoms with Crippen LogP contribution in [-0.4, -0.2) is 13.1 Å². The van der Waals surface area contributed by atoms with Crippen molar-refractivity contribution in [3.8, 4) is 0 Å². The fourth-order valence-electron chi connectivity index (χ4n) is 2.55. The Kier molecular flexibility index (Phi) is 3.83. The highest BCUT2D eigenvalue weighted by molar-refractivity contribution is 5.47. The Labute approximate surface area is 98.4 Å². The molecule has 2 nitrogen and oxygen atoms in total. The van der Waals surface area contributed by atoms with Crippen LogP contribution in [-0.2, 0) is 6.54 Å². The number of rotatable bonds is 3. The summed E-state index contributed by atoms with van der Waals surface area (Å²) in [7, 11) is 2.22. The molecule has 1 aliphatic rings. The lowest BCUT2D eigenvalue weighted by Gasteiger charge is -2.33. The van der Waals surface area contributed by atoms with E-state index >= 15 is 0 Å². The summed E-state index contributed by atoms with van der Waals surface area (Å²) in [6.07, 6.45) is 6.87. The Balaban J connectivity index is 2.04. The molecule has 1 aromatic rings. The predicted molar refractivity (Wildman–Crippen MR) is 69.6 cm³/mol. The first-order valence-electron chi connectivity index (χ1n) is 6.33. The zero-order valence-corrected chi connectivity index (χ0v) is 10.2. The summed E-state index contributed by atoms with van der Waals surface area (Å²) < 4.78 is 0. The van der Waals surface area contributed by atoms with Crippen molar-refractivity contribution < 1.29 is 0 Å². The molecule has 88 valence electrons. The van der Waals surface area contributed by atoms with Gasteiger partial charge in [0.05, 0.1) is 0 Å². The number of anilines is 1. The number of hydrogen-bond acceptors (Lipinski definition) is 2. The summed E-state index contributed by atoms with van der Waals surface area (Å²) in [4.78, 5) is 2.43. The Morgan fingerprint density at radius 3 is 2.31 bits per heavy atom. The van der Waals surface area contributed by atoms with E-state index in [2.05, 4.69) is 36.2 Å². The van der Waals surface area contributed by atoms with Gasteiger partial charge in [-0.25, -0.2) is 0 Å². The molecule has 0 amide bonds. The minimum atomic E-state index is 0.632. The van der Waals surface area contributed by atoms with Crippen molar-refractivity contribution in [2.45, 2.75) is 44.7 Å². The second kappa shape index (κ2) is 5.35. The highest BCUT2D eigenvalue weighted by Gasteiger charge is 2.17. The molecule has 0 heterocycles. The molecule has 0 bridgehead atoms. The van der Waals surface area contributed by atoms with E-state index in [0.29, 0.717) is 6.54 Å². The second-order valence-electron chi connectivity index (χ2n) is 4.77. The Hall–Kier alpha value is -1.02. The monoisotopic (exact) mass is 218 g/mol. The van der Waals surface area contributed by atoms with Crippen LogP contribution in [0.4, 0.5) is 5.69 Å². The molecule has 0 aliphatic heterocycles. The van der Waals surface area contributed by atoms with Crippen molar-refractivity contribution in [3.05, 3.63) is 29.8 Å². The Bertz CT molecular complexity index is 312. The summed E-state index contributed by atoms with van der Waals surface area (Å²) >= 11 is 0. The van der Waals surface area contributed by atoms with Crippen LogP contribution in [0.1, 0.15) is 37.7 Å². The lowest BCUT2D eigenvalue weighted by molar-refractivity contribution is 0.427.